The van der Waals surface area contributed by atoms with Gasteiger partial charge in [0.05, 0.1) is 17.7 Å². The van der Waals surface area contributed by atoms with Crippen LogP contribution in [0.2, 0.25) is 5.02 Å². The molecule has 0 radical (unpaired) electrons. The molecule has 0 atom stereocenters. The van der Waals surface area contributed by atoms with Crippen molar-refractivity contribution in [3.8, 4) is 5.75 Å². The quantitative estimate of drug-likeness (QED) is 0.754. The van der Waals surface area contributed by atoms with Crippen molar-refractivity contribution in [3.05, 3.63) is 57.5 Å². The lowest BCUT2D eigenvalue weighted by Crippen LogP contribution is -2.38. The Balaban J connectivity index is 2.08. The molecule has 0 aromatic heterocycles. The summed E-state index contributed by atoms with van der Waals surface area (Å²) in [5, 5.41) is 3.11. The number of anilines is 1. The van der Waals surface area contributed by atoms with Gasteiger partial charge in [-0.15, -0.1) is 0 Å². The average molecular weight is 426 g/mol. The molecule has 5 nitrogen and oxygen atoms in total. The van der Waals surface area contributed by atoms with Crippen molar-refractivity contribution in [2.75, 3.05) is 25.5 Å². The molecule has 0 aliphatic heterocycles. The molecular formula is C18H18BrClN2O3. The van der Waals surface area contributed by atoms with Crippen LogP contribution in [0.3, 0.4) is 0 Å². The minimum absolute atomic E-state index is 0.0740. The average Bonchev–Trinajstić information content (AvgIpc) is 2.61. The maximum atomic E-state index is 12.7. The molecule has 1 N–H and O–H groups in total. The summed E-state index contributed by atoms with van der Waals surface area (Å²) in [5.41, 5.74) is 0.959. The summed E-state index contributed by atoms with van der Waals surface area (Å²) in [4.78, 5) is 26.4. The van der Waals surface area contributed by atoms with E-state index in [1.807, 2.05) is 6.92 Å². The third-order valence-corrected chi connectivity index (χ3v) is 4.34. The van der Waals surface area contributed by atoms with Crippen LogP contribution in [0, 0.1) is 0 Å². The van der Waals surface area contributed by atoms with Gasteiger partial charge in [0.25, 0.3) is 5.91 Å². The summed E-state index contributed by atoms with van der Waals surface area (Å²) in [6.07, 6.45) is 0. The highest BCUT2D eigenvalue weighted by molar-refractivity contribution is 9.10. The normalized spacial score (nSPS) is 10.2. The van der Waals surface area contributed by atoms with E-state index < -0.39 is 0 Å². The van der Waals surface area contributed by atoms with Crippen molar-refractivity contribution < 1.29 is 14.3 Å². The van der Waals surface area contributed by atoms with Crippen LogP contribution in [0.25, 0.3) is 0 Å². The van der Waals surface area contributed by atoms with Gasteiger partial charge in [-0.2, -0.15) is 0 Å². The van der Waals surface area contributed by atoms with Crippen molar-refractivity contribution in [1.29, 1.82) is 0 Å². The van der Waals surface area contributed by atoms with Gasteiger partial charge >= 0.3 is 0 Å². The maximum Gasteiger partial charge on any atom is 0.255 e. The highest BCUT2D eigenvalue weighted by Gasteiger charge is 2.20. The Kier molecular flexibility index (Phi) is 6.84. The summed E-state index contributed by atoms with van der Waals surface area (Å²) in [7, 11) is 1.56. The summed E-state index contributed by atoms with van der Waals surface area (Å²) in [6.45, 7) is 2.12. The van der Waals surface area contributed by atoms with E-state index in [4.69, 9.17) is 16.3 Å². The molecule has 0 saturated heterocycles. The molecule has 0 aliphatic rings. The molecule has 0 unspecified atom stereocenters. The van der Waals surface area contributed by atoms with E-state index in [0.717, 1.165) is 4.47 Å². The Hall–Kier alpha value is -2.05. The number of hydrogen-bond acceptors (Lipinski definition) is 3. The largest absolute Gasteiger partial charge is 0.497 e. The number of ether oxygens (including phenoxy) is 1. The first-order valence-corrected chi connectivity index (χ1v) is 8.80. The molecule has 0 bridgehead atoms. The number of nitrogens with one attached hydrogen (secondary N) is 1. The molecule has 0 aliphatic carbocycles. The third-order valence-electron chi connectivity index (χ3n) is 3.52. The minimum atomic E-state index is -0.297. The zero-order valence-electron chi connectivity index (χ0n) is 13.9. The van der Waals surface area contributed by atoms with Crippen LogP contribution in [-0.2, 0) is 4.79 Å². The lowest BCUT2D eigenvalue weighted by atomic mass is 10.2. The number of hydrogen-bond donors (Lipinski definition) is 1. The number of carbonyl (C=O) groups is 2. The van der Waals surface area contributed by atoms with E-state index in [9.17, 15) is 9.59 Å². The Morgan fingerprint density at radius 1 is 1.24 bits per heavy atom. The zero-order chi connectivity index (χ0) is 18.4. The number of methoxy groups -OCH3 is 1. The smallest absolute Gasteiger partial charge is 0.255 e. The molecule has 0 spiro atoms. The number of rotatable bonds is 6. The second-order valence-corrected chi connectivity index (χ2v) is 6.55. The fourth-order valence-corrected chi connectivity index (χ4v) is 2.79. The molecule has 2 rings (SSSR count). The monoisotopic (exact) mass is 424 g/mol. The van der Waals surface area contributed by atoms with Crippen LogP contribution in [0.1, 0.15) is 17.3 Å². The Morgan fingerprint density at radius 3 is 2.68 bits per heavy atom. The summed E-state index contributed by atoms with van der Waals surface area (Å²) in [5.74, 6) is 0.0475. The first-order chi connectivity index (χ1) is 11.9. The molecule has 7 heteroatoms. The molecular weight excluding hydrogens is 408 g/mol. The van der Waals surface area contributed by atoms with Crippen LogP contribution in [0.5, 0.6) is 5.75 Å². The number of nitrogens with zero attached hydrogens (tertiary/aromatic N) is 1. The first kappa shape index (κ1) is 19.3. The second-order valence-electron chi connectivity index (χ2n) is 5.22. The molecule has 132 valence electrons. The molecule has 2 amide bonds. The predicted molar refractivity (Wildman–Crippen MR) is 102 cm³/mol. The van der Waals surface area contributed by atoms with Gasteiger partial charge in [-0.1, -0.05) is 33.6 Å². The van der Waals surface area contributed by atoms with E-state index in [-0.39, 0.29) is 18.4 Å². The van der Waals surface area contributed by atoms with E-state index >= 15 is 0 Å². The topological polar surface area (TPSA) is 58.6 Å². The highest BCUT2D eigenvalue weighted by atomic mass is 79.9. The Bertz CT molecular complexity index is 783. The van der Waals surface area contributed by atoms with E-state index in [1.165, 1.54) is 4.90 Å². The van der Waals surface area contributed by atoms with Gasteiger partial charge in [0.2, 0.25) is 5.91 Å². The summed E-state index contributed by atoms with van der Waals surface area (Å²) in [6, 6.07) is 12.1. The number of amides is 2. The highest BCUT2D eigenvalue weighted by Crippen LogP contribution is 2.22. The van der Waals surface area contributed by atoms with Gasteiger partial charge in [-0.3, -0.25) is 9.59 Å². The van der Waals surface area contributed by atoms with Crippen LogP contribution in [0.15, 0.2) is 46.9 Å². The SMILES string of the molecule is CCN(CC(=O)Nc1cccc(OC)c1)C(=O)c1cc(Br)ccc1Cl. The minimum Gasteiger partial charge on any atom is -0.497 e. The molecule has 25 heavy (non-hydrogen) atoms. The third kappa shape index (κ3) is 5.21. The molecule has 0 heterocycles. The van der Waals surface area contributed by atoms with Gasteiger partial charge in [0.15, 0.2) is 0 Å². The van der Waals surface area contributed by atoms with Crippen molar-refractivity contribution in [2.45, 2.75) is 6.92 Å². The molecule has 0 fully saturated rings. The fraction of sp³-hybridized carbons (Fsp3) is 0.222. The Morgan fingerprint density at radius 2 is 2.00 bits per heavy atom. The van der Waals surface area contributed by atoms with Gasteiger partial charge in [0, 0.05) is 22.8 Å². The Labute approximate surface area is 160 Å². The van der Waals surface area contributed by atoms with Gasteiger partial charge in [-0.05, 0) is 37.3 Å². The molecule has 2 aromatic carbocycles. The number of likely N-dealkylation sites (N-methyl/N-ethyl adjacent to an activating group) is 1. The molecule has 2 aromatic rings. The maximum absolute atomic E-state index is 12.7. The van der Waals surface area contributed by atoms with Crippen LogP contribution in [-0.4, -0.2) is 36.9 Å². The van der Waals surface area contributed by atoms with Crippen molar-refractivity contribution in [2.24, 2.45) is 0 Å². The summed E-state index contributed by atoms with van der Waals surface area (Å²) >= 11 is 9.43. The van der Waals surface area contributed by atoms with Crippen LogP contribution < -0.4 is 10.1 Å². The van der Waals surface area contributed by atoms with Gasteiger partial charge in [-0.25, -0.2) is 0 Å². The second kappa shape index (κ2) is 8.87. The standard InChI is InChI=1S/C18H18BrClN2O3/c1-3-22(18(24)15-9-12(19)7-8-16(15)20)11-17(23)21-13-5-4-6-14(10-13)25-2/h4-10H,3,11H2,1-2H3,(H,21,23). The van der Waals surface area contributed by atoms with Crippen molar-refractivity contribution in [1.82, 2.24) is 4.90 Å². The molecule has 0 saturated carbocycles. The van der Waals surface area contributed by atoms with Crippen LogP contribution in [0.4, 0.5) is 5.69 Å². The van der Waals surface area contributed by atoms with Gasteiger partial charge in [0.1, 0.15) is 12.3 Å². The number of carbonyl (C=O) groups excluding carboxylic acids is 2. The van der Waals surface area contributed by atoms with E-state index in [1.54, 1.807) is 49.6 Å². The predicted octanol–water partition coefficient (Wildman–Crippen LogP) is 4.21. The van der Waals surface area contributed by atoms with E-state index in [0.29, 0.717) is 28.6 Å². The summed E-state index contributed by atoms with van der Waals surface area (Å²) < 4.78 is 5.87. The lowest BCUT2D eigenvalue weighted by Gasteiger charge is -2.21. The van der Waals surface area contributed by atoms with Crippen LogP contribution >= 0.6 is 27.5 Å². The van der Waals surface area contributed by atoms with Crippen molar-refractivity contribution >= 4 is 45.0 Å². The first-order valence-electron chi connectivity index (χ1n) is 7.62. The zero-order valence-corrected chi connectivity index (χ0v) is 16.2. The van der Waals surface area contributed by atoms with E-state index in [2.05, 4.69) is 21.2 Å². The number of benzene rings is 2. The van der Waals surface area contributed by atoms with Gasteiger partial charge < -0.3 is 15.0 Å². The van der Waals surface area contributed by atoms with Crippen molar-refractivity contribution in [3.63, 3.8) is 0 Å². The lowest BCUT2D eigenvalue weighted by molar-refractivity contribution is -0.116. The number of halogens is 2. The fourth-order valence-electron chi connectivity index (χ4n) is 2.23.